The molecule has 5 rings (SSSR count). The molecule has 0 unspecified atom stereocenters. The van der Waals surface area contributed by atoms with Crippen LogP contribution in [0.4, 0.5) is 10.1 Å². The Morgan fingerprint density at radius 1 is 0.949 bits per heavy atom. The van der Waals surface area contributed by atoms with E-state index in [0.29, 0.717) is 39.9 Å². The maximum atomic E-state index is 13.5. The normalized spacial score (nSPS) is 20.3. The van der Waals surface area contributed by atoms with E-state index in [0.717, 1.165) is 29.8 Å². The highest BCUT2D eigenvalue weighted by Gasteiger charge is 2.46. The molecule has 0 radical (unpaired) electrons. The molecular formula is C31H32BrFN2O4. The van der Waals surface area contributed by atoms with Crippen LogP contribution in [0.25, 0.3) is 0 Å². The number of hydrogen-bond donors (Lipinski definition) is 2. The zero-order valence-corrected chi connectivity index (χ0v) is 24.1. The van der Waals surface area contributed by atoms with E-state index in [4.69, 9.17) is 4.74 Å². The summed E-state index contributed by atoms with van der Waals surface area (Å²) in [6, 6.07) is 11.0. The van der Waals surface area contributed by atoms with Crippen LogP contribution in [-0.4, -0.2) is 24.1 Å². The summed E-state index contributed by atoms with van der Waals surface area (Å²) in [6.45, 7) is 8.15. The maximum absolute atomic E-state index is 13.5. The Bertz CT molecular complexity index is 1390. The minimum atomic E-state index is -0.449. The third-order valence-corrected chi connectivity index (χ3v) is 8.11. The monoisotopic (exact) mass is 594 g/mol. The molecule has 0 bridgehead atoms. The topological polar surface area (TPSA) is 84.5 Å². The average molecular weight is 596 g/mol. The first kappa shape index (κ1) is 27.3. The summed E-state index contributed by atoms with van der Waals surface area (Å²) in [4.78, 5) is 39.4. The van der Waals surface area contributed by atoms with Crippen molar-refractivity contribution in [3.05, 3.63) is 80.9 Å². The smallest absolute Gasteiger partial charge is 0.262 e. The van der Waals surface area contributed by atoms with Gasteiger partial charge in [0.1, 0.15) is 11.6 Å². The molecular weight excluding hydrogens is 563 g/mol. The van der Waals surface area contributed by atoms with Gasteiger partial charge in [-0.25, -0.2) is 4.39 Å². The third kappa shape index (κ3) is 5.71. The number of ether oxygens (including phenoxy) is 1. The van der Waals surface area contributed by atoms with Gasteiger partial charge >= 0.3 is 0 Å². The molecule has 2 aromatic carbocycles. The summed E-state index contributed by atoms with van der Waals surface area (Å²) >= 11 is 3.57. The second-order valence-corrected chi connectivity index (χ2v) is 13.1. The molecule has 2 aliphatic carbocycles. The zero-order valence-electron chi connectivity index (χ0n) is 22.5. The van der Waals surface area contributed by atoms with E-state index in [1.54, 1.807) is 6.07 Å². The van der Waals surface area contributed by atoms with Gasteiger partial charge in [-0.1, -0.05) is 33.8 Å². The van der Waals surface area contributed by atoms with E-state index in [1.807, 2.05) is 12.1 Å². The van der Waals surface area contributed by atoms with Crippen LogP contribution in [0.2, 0.25) is 0 Å². The van der Waals surface area contributed by atoms with Gasteiger partial charge in [-0.05, 0) is 81.6 Å². The second-order valence-electron chi connectivity index (χ2n) is 12.3. The Hall–Kier alpha value is -3.26. The lowest BCUT2D eigenvalue weighted by atomic mass is 9.64. The fourth-order valence-electron chi connectivity index (χ4n) is 5.91. The van der Waals surface area contributed by atoms with Crippen molar-refractivity contribution < 1.29 is 23.5 Å². The molecule has 2 N–H and O–H groups in total. The Kier molecular flexibility index (Phi) is 7.04. The Morgan fingerprint density at radius 2 is 1.51 bits per heavy atom. The number of halogens is 2. The molecule has 2 aromatic rings. The quantitative estimate of drug-likeness (QED) is 0.408. The molecule has 3 aliphatic rings. The van der Waals surface area contributed by atoms with E-state index in [-0.39, 0.29) is 40.7 Å². The van der Waals surface area contributed by atoms with Crippen molar-refractivity contribution in [3.8, 4) is 5.75 Å². The molecule has 1 heterocycles. The summed E-state index contributed by atoms with van der Waals surface area (Å²) in [7, 11) is 0. The van der Waals surface area contributed by atoms with Crippen LogP contribution < -0.4 is 15.4 Å². The number of Topliss-reactive ketones (excluding diaryl/α,β-unsaturated/α-hetero) is 2. The summed E-state index contributed by atoms with van der Waals surface area (Å²) in [6.07, 6.45) is 2.33. The average Bonchev–Trinajstić information content (AvgIpc) is 2.82. The number of hydrogen-bond acceptors (Lipinski definition) is 5. The van der Waals surface area contributed by atoms with Crippen LogP contribution in [0.15, 0.2) is 69.5 Å². The van der Waals surface area contributed by atoms with E-state index in [1.165, 1.54) is 24.3 Å². The van der Waals surface area contributed by atoms with Gasteiger partial charge in [0.25, 0.3) is 5.91 Å². The molecule has 0 fully saturated rings. The van der Waals surface area contributed by atoms with Gasteiger partial charge in [0.05, 0.1) is 4.47 Å². The largest absolute Gasteiger partial charge is 0.483 e. The van der Waals surface area contributed by atoms with Crippen molar-refractivity contribution in [3.63, 3.8) is 0 Å². The predicted octanol–water partition coefficient (Wildman–Crippen LogP) is 6.58. The Balaban J connectivity index is 1.43. The number of allylic oxidation sites excluding steroid dienone is 4. The number of dihydropyridines is 1. The third-order valence-electron chi connectivity index (χ3n) is 7.50. The standard InChI is InChI=1S/C31H32BrFN2O4/c1-30(2)12-21-28(23(36)14-30)27(29-22(35-21)13-31(3,4)15-24(29)37)17-5-10-25(20(32)11-17)39-16-26(38)34-19-8-6-18(33)7-9-19/h5-11,27,35H,12-16H2,1-4H3,(H,34,38). The van der Waals surface area contributed by atoms with Crippen LogP contribution in [0.1, 0.15) is 64.9 Å². The number of nitrogens with one attached hydrogen (secondary N) is 2. The molecule has 6 nitrogen and oxygen atoms in total. The van der Waals surface area contributed by atoms with E-state index in [9.17, 15) is 18.8 Å². The summed E-state index contributed by atoms with van der Waals surface area (Å²) in [5, 5.41) is 6.19. The number of rotatable bonds is 5. The highest BCUT2D eigenvalue weighted by molar-refractivity contribution is 9.10. The van der Waals surface area contributed by atoms with E-state index < -0.39 is 5.92 Å². The lowest BCUT2D eigenvalue weighted by molar-refractivity contribution is -0.119. The van der Waals surface area contributed by atoms with Crippen molar-refractivity contribution in [2.75, 3.05) is 11.9 Å². The molecule has 0 saturated carbocycles. The first-order valence-electron chi connectivity index (χ1n) is 13.1. The zero-order chi connectivity index (χ0) is 28.1. The molecule has 1 aliphatic heterocycles. The van der Waals surface area contributed by atoms with Crippen molar-refractivity contribution >= 4 is 39.1 Å². The van der Waals surface area contributed by atoms with Crippen LogP contribution >= 0.6 is 15.9 Å². The molecule has 0 spiro atoms. The van der Waals surface area contributed by atoms with E-state index >= 15 is 0 Å². The molecule has 0 atom stereocenters. The molecule has 0 saturated heterocycles. The molecule has 204 valence electrons. The van der Waals surface area contributed by atoms with Crippen LogP contribution in [0.3, 0.4) is 0 Å². The van der Waals surface area contributed by atoms with Gasteiger partial charge in [-0.3, -0.25) is 14.4 Å². The second kappa shape index (κ2) is 10.0. The number of carbonyl (C=O) groups excluding carboxylic acids is 3. The van der Waals surface area contributed by atoms with Crippen molar-refractivity contribution in [2.45, 2.75) is 59.3 Å². The van der Waals surface area contributed by atoms with E-state index in [2.05, 4.69) is 54.3 Å². The fraction of sp³-hybridized carbons (Fsp3) is 0.387. The molecule has 0 aromatic heterocycles. The molecule has 1 amide bonds. The minimum absolute atomic E-state index is 0.0665. The van der Waals surface area contributed by atoms with Crippen LogP contribution in [-0.2, 0) is 14.4 Å². The fourth-order valence-corrected chi connectivity index (χ4v) is 6.42. The van der Waals surface area contributed by atoms with Gasteiger partial charge in [-0.2, -0.15) is 0 Å². The van der Waals surface area contributed by atoms with Crippen LogP contribution in [0, 0.1) is 16.6 Å². The number of anilines is 1. The minimum Gasteiger partial charge on any atom is -0.483 e. The van der Waals surface area contributed by atoms with Crippen molar-refractivity contribution in [1.82, 2.24) is 5.32 Å². The number of amides is 1. The van der Waals surface area contributed by atoms with Crippen molar-refractivity contribution in [1.29, 1.82) is 0 Å². The highest BCUT2D eigenvalue weighted by atomic mass is 79.9. The van der Waals surface area contributed by atoms with Gasteiger partial charge in [0.15, 0.2) is 18.2 Å². The maximum Gasteiger partial charge on any atom is 0.262 e. The summed E-state index contributed by atoms with van der Waals surface area (Å²) in [5.74, 6) is -0.627. The number of carbonyl (C=O) groups is 3. The predicted molar refractivity (Wildman–Crippen MR) is 151 cm³/mol. The van der Waals surface area contributed by atoms with Crippen LogP contribution in [0.5, 0.6) is 5.75 Å². The lowest BCUT2D eigenvalue weighted by Crippen LogP contribution is -2.42. The first-order chi connectivity index (χ1) is 18.3. The molecule has 8 heteroatoms. The van der Waals surface area contributed by atoms with Gasteiger partial charge in [0.2, 0.25) is 0 Å². The lowest BCUT2D eigenvalue weighted by Gasteiger charge is -2.44. The first-order valence-corrected chi connectivity index (χ1v) is 13.9. The Morgan fingerprint density at radius 3 is 2.05 bits per heavy atom. The number of benzene rings is 2. The van der Waals surface area contributed by atoms with Gasteiger partial charge in [0, 0.05) is 47.0 Å². The Labute approximate surface area is 236 Å². The summed E-state index contributed by atoms with van der Waals surface area (Å²) in [5.41, 5.74) is 4.17. The summed E-state index contributed by atoms with van der Waals surface area (Å²) < 4.78 is 19.5. The molecule has 39 heavy (non-hydrogen) atoms. The highest BCUT2D eigenvalue weighted by Crippen LogP contribution is 2.51. The SMILES string of the molecule is CC1(C)CC(=O)C2=C(C1)NC1=C(C(=O)CC(C)(C)C1)C2c1ccc(OCC(=O)Nc2ccc(F)cc2)c(Br)c1. The van der Waals surface area contributed by atoms with Gasteiger partial charge in [-0.15, -0.1) is 0 Å². The number of ketones is 2. The van der Waals surface area contributed by atoms with Crippen molar-refractivity contribution in [2.24, 2.45) is 10.8 Å². The van der Waals surface area contributed by atoms with Gasteiger partial charge < -0.3 is 15.4 Å².